The molecule has 4 nitrogen and oxygen atoms in total. The van der Waals surface area contributed by atoms with E-state index >= 15 is 0 Å². The molecule has 98 valence electrons. The summed E-state index contributed by atoms with van der Waals surface area (Å²) in [6.45, 7) is 4.01. The van der Waals surface area contributed by atoms with Crippen molar-refractivity contribution in [3.8, 4) is 6.07 Å². The molecule has 20 heavy (non-hydrogen) atoms. The third kappa shape index (κ3) is 2.22. The molecule has 0 bridgehead atoms. The van der Waals surface area contributed by atoms with Gasteiger partial charge in [-0.15, -0.1) is 11.3 Å². The summed E-state index contributed by atoms with van der Waals surface area (Å²) in [5, 5.41) is 14.1. The van der Waals surface area contributed by atoms with Gasteiger partial charge in [0.1, 0.15) is 5.82 Å². The fraction of sp³-hybridized carbons (Fsp3) is 0.133. The van der Waals surface area contributed by atoms with Gasteiger partial charge in [-0.2, -0.15) is 5.26 Å². The first kappa shape index (κ1) is 12.6. The van der Waals surface area contributed by atoms with Gasteiger partial charge < -0.3 is 5.32 Å². The number of hydrogen-bond acceptors (Lipinski definition) is 5. The lowest BCUT2D eigenvalue weighted by molar-refractivity contribution is 1.22. The van der Waals surface area contributed by atoms with Crippen LogP contribution in [0.2, 0.25) is 0 Å². The molecule has 0 aliphatic heterocycles. The summed E-state index contributed by atoms with van der Waals surface area (Å²) in [7, 11) is 0. The molecule has 0 saturated carbocycles. The zero-order valence-corrected chi connectivity index (χ0v) is 12.0. The van der Waals surface area contributed by atoms with Crippen LogP contribution in [0.5, 0.6) is 0 Å². The Bertz CT molecular complexity index is 810. The molecular weight excluding hydrogens is 268 g/mol. The number of benzene rings is 1. The first-order valence-electron chi connectivity index (χ1n) is 6.18. The second-order valence-electron chi connectivity index (χ2n) is 4.47. The van der Waals surface area contributed by atoms with Crippen LogP contribution in [-0.2, 0) is 0 Å². The first-order chi connectivity index (χ1) is 9.67. The number of thiazole rings is 1. The van der Waals surface area contributed by atoms with Crippen LogP contribution in [0.4, 0.5) is 10.9 Å². The molecule has 1 N–H and O–H groups in total. The van der Waals surface area contributed by atoms with Crippen molar-refractivity contribution in [2.75, 3.05) is 5.32 Å². The van der Waals surface area contributed by atoms with Crippen molar-refractivity contribution in [3.05, 3.63) is 46.5 Å². The monoisotopic (exact) mass is 280 g/mol. The highest BCUT2D eigenvalue weighted by Gasteiger charge is 2.08. The maximum absolute atomic E-state index is 9.26. The van der Waals surface area contributed by atoms with Crippen LogP contribution >= 0.6 is 11.3 Å². The Balaban J connectivity index is 2.06. The van der Waals surface area contributed by atoms with Crippen LogP contribution in [0, 0.1) is 25.2 Å². The van der Waals surface area contributed by atoms with Gasteiger partial charge >= 0.3 is 0 Å². The molecule has 0 aliphatic carbocycles. The van der Waals surface area contributed by atoms with Crippen molar-refractivity contribution < 1.29 is 0 Å². The zero-order chi connectivity index (χ0) is 14.1. The number of fused-ring (bicyclic) bond motifs is 1. The Morgan fingerprint density at radius 1 is 1.20 bits per heavy atom. The second kappa shape index (κ2) is 4.91. The molecule has 0 amide bonds. The predicted octanol–water partition coefficient (Wildman–Crippen LogP) is 3.92. The van der Waals surface area contributed by atoms with Gasteiger partial charge in [-0.05, 0) is 26.0 Å². The van der Waals surface area contributed by atoms with Crippen LogP contribution in [-0.4, -0.2) is 9.97 Å². The summed E-state index contributed by atoms with van der Waals surface area (Å²) in [5.41, 5.74) is 2.43. The van der Waals surface area contributed by atoms with Crippen LogP contribution in [0.3, 0.4) is 0 Å². The number of aromatic nitrogens is 2. The van der Waals surface area contributed by atoms with Crippen LogP contribution in [0.15, 0.2) is 30.3 Å². The minimum atomic E-state index is 0.614. The third-order valence-corrected chi connectivity index (χ3v) is 4.09. The van der Waals surface area contributed by atoms with E-state index in [1.807, 2.05) is 38.1 Å². The smallest absolute Gasteiger partial charge is 0.188 e. The zero-order valence-electron chi connectivity index (χ0n) is 11.1. The molecule has 0 aliphatic rings. The molecule has 3 aromatic rings. The molecule has 0 radical (unpaired) electrons. The molecule has 2 aromatic heterocycles. The second-order valence-corrected chi connectivity index (χ2v) is 5.67. The molecule has 5 heteroatoms. The highest BCUT2D eigenvalue weighted by atomic mass is 32.1. The average molecular weight is 280 g/mol. The van der Waals surface area contributed by atoms with E-state index in [1.54, 1.807) is 17.4 Å². The van der Waals surface area contributed by atoms with Crippen molar-refractivity contribution in [1.29, 1.82) is 5.26 Å². The van der Waals surface area contributed by atoms with Crippen molar-refractivity contribution in [3.63, 3.8) is 0 Å². The number of nitriles is 1. The summed E-state index contributed by atoms with van der Waals surface area (Å²) < 4.78 is 0. The summed E-state index contributed by atoms with van der Waals surface area (Å²) >= 11 is 1.58. The SMILES string of the molecule is Cc1nc(Nc2cc(C#N)c3ccccc3n2)sc1C. The lowest BCUT2D eigenvalue weighted by atomic mass is 10.1. The van der Waals surface area contributed by atoms with Gasteiger partial charge in [0, 0.05) is 10.3 Å². The Morgan fingerprint density at radius 2 is 2.00 bits per heavy atom. The van der Waals surface area contributed by atoms with E-state index in [9.17, 15) is 5.26 Å². The van der Waals surface area contributed by atoms with Gasteiger partial charge in [-0.3, -0.25) is 0 Å². The molecule has 3 rings (SSSR count). The standard InChI is InChI=1S/C15H12N4S/c1-9-10(2)20-15(17-9)19-14-7-11(8-16)12-5-3-4-6-13(12)18-14/h3-7H,1-2H3,(H,17,18,19). The van der Waals surface area contributed by atoms with Crippen molar-refractivity contribution in [2.24, 2.45) is 0 Å². The van der Waals surface area contributed by atoms with E-state index in [0.29, 0.717) is 11.4 Å². The van der Waals surface area contributed by atoms with Crippen molar-refractivity contribution in [2.45, 2.75) is 13.8 Å². The number of hydrogen-bond donors (Lipinski definition) is 1. The fourth-order valence-electron chi connectivity index (χ4n) is 1.97. The Hall–Kier alpha value is -2.45. The fourth-order valence-corrected chi connectivity index (χ4v) is 2.79. The Kier molecular flexibility index (Phi) is 3.09. The van der Waals surface area contributed by atoms with E-state index in [2.05, 4.69) is 21.4 Å². The molecular formula is C15H12N4S. The third-order valence-electron chi connectivity index (χ3n) is 3.10. The molecule has 0 fully saturated rings. The van der Waals surface area contributed by atoms with Gasteiger partial charge in [-0.25, -0.2) is 9.97 Å². The minimum absolute atomic E-state index is 0.614. The van der Waals surface area contributed by atoms with Crippen LogP contribution in [0.25, 0.3) is 10.9 Å². The predicted molar refractivity (Wildman–Crippen MR) is 81.3 cm³/mol. The average Bonchev–Trinajstić information content (AvgIpc) is 2.76. The van der Waals surface area contributed by atoms with Gasteiger partial charge in [0.05, 0.1) is 22.8 Å². The number of nitrogens with one attached hydrogen (secondary N) is 1. The molecule has 0 spiro atoms. The normalized spacial score (nSPS) is 10.4. The van der Waals surface area contributed by atoms with E-state index < -0.39 is 0 Å². The Labute approximate surface area is 120 Å². The van der Waals surface area contributed by atoms with Gasteiger partial charge in [-0.1, -0.05) is 18.2 Å². The lowest BCUT2D eigenvalue weighted by Crippen LogP contribution is -1.95. The molecule has 2 heterocycles. The first-order valence-corrected chi connectivity index (χ1v) is 7.00. The number of rotatable bonds is 2. The summed E-state index contributed by atoms with van der Waals surface area (Å²) in [6, 6.07) is 11.6. The minimum Gasteiger partial charge on any atom is -0.316 e. The van der Waals surface area contributed by atoms with Crippen LogP contribution < -0.4 is 5.32 Å². The number of aryl methyl sites for hydroxylation is 2. The van der Waals surface area contributed by atoms with Gasteiger partial charge in [0.15, 0.2) is 5.13 Å². The largest absolute Gasteiger partial charge is 0.316 e. The Morgan fingerprint density at radius 3 is 2.70 bits per heavy atom. The molecule has 0 unspecified atom stereocenters. The molecule has 0 atom stereocenters. The maximum atomic E-state index is 9.26. The van der Waals surface area contributed by atoms with Gasteiger partial charge in [0.2, 0.25) is 0 Å². The topological polar surface area (TPSA) is 61.6 Å². The van der Waals surface area contributed by atoms with Crippen molar-refractivity contribution in [1.82, 2.24) is 9.97 Å². The highest BCUT2D eigenvalue weighted by molar-refractivity contribution is 7.15. The van der Waals surface area contributed by atoms with Gasteiger partial charge in [0.25, 0.3) is 0 Å². The van der Waals surface area contributed by atoms with E-state index in [4.69, 9.17) is 0 Å². The van der Waals surface area contributed by atoms with E-state index in [-0.39, 0.29) is 0 Å². The number of nitrogens with zero attached hydrogens (tertiary/aromatic N) is 3. The number of anilines is 2. The molecule has 0 saturated heterocycles. The van der Waals surface area contributed by atoms with E-state index in [0.717, 1.165) is 21.7 Å². The van der Waals surface area contributed by atoms with Crippen molar-refractivity contribution >= 4 is 33.2 Å². The summed E-state index contributed by atoms with van der Waals surface area (Å²) in [4.78, 5) is 10.1. The molecule has 1 aromatic carbocycles. The summed E-state index contributed by atoms with van der Waals surface area (Å²) in [6.07, 6.45) is 0. The lowest BCUT2D eigenvalue weighted by Gasteiger charge is -2.05. The van der Waals surface area contributed by atoms with Crippen LogP contribution in [0.1, 0.15) is 16.1 Å². The quantitative estimate of drug-likeness (QED) is 0.772. The van der Waals surface area contributed by atoms with E-state index in [1.165, 1.54) is 4.88 Å². The maximum Gasteiger partial charge on any atom is 0.188 e. The highest BCUT2D eigenvalue weighted by Crippen LogP contribution is 2.26. The summed E-state index contributed by atoms with van der Waals surface area (Å²) in [5.74, 6) is 0.647. The number of pyridine rings is 1. The number of para-hydroxylation sites is 1.